The highest BCUT2D eigenvalue weighted by atomic mass is 79.9. The van der Waals surface area contributed by atoms with Gasteiger partial charge in [-0.3, -0.25) is 4.98 Å². The van der Waals surface area contributed by atoms with E-state index in [4.69, 9.17) is 16.9 Å². The summed E-state index contributed by atoms with van der Waals surface area (Å²) < 4.78 is 1.58. The van der Waals surface area contributed by atoms with E-state index in [0.29, 0.717) is 5.69 Å². The number of aromatic nitrogens is 1. The molecule has 5 heteroatoms. The molecule has 0 radical (unpaired) electrons. The minimum atomic E-state index is -0.701. The Morgan fingerprint density at radius 2 is 2.25 bits per heavy atom. The van der Waals surface area contributed by atoms with Gasteiger partial charge in [0, 0.05) is 15.1 Å². The highest BCUT2D eigenvalue weighted by molar-refractivity contribution is 9.11. The van der Waals surface area contributed by atoms with Crippen molar-refractivity contribution >= 4 is 43.5 Å². The summed E-state index contributed by atoms with van der Waals surface area (Å²) >= 11 is 12.2. The first-order chi connectivity index (χ1) is 5.65. The molecule has 1 heterocycles. The minimum absolute atomic E-state index is 0.544. The molecule has 0 aliphatic rings. The molecular weight excluding hydrogens is 307 g/mol. The van der Waals surface area contributed by atoms with Crippen LogP contribution in [0.2, 0.25) is 0 Å². The molecule has 0 fully saturated rings. The summed E-state index contributed by atoms with van der Waals surface area (Å²) in [5, 5.41) is 7.83. The third kappa shape index (κ3) is 2.19. The first-order valence-corrected chi connectivity index (χ1v) is 5.02. The highest BCUT2D eigenvalue weighted by Gasteiger charge is 2.11. The summed E-state index contributed by atoms with van der Waals surface area (Å²) in [6, 6.07) is 3.70. The number of hydrogen-bond acceptors (Lipinski definition) is 2. The van der Waals surface area contributed by atoms with Gasteiger partial charge in [-0.25, -0.2) is 0 Å². The standard InChI is InChI=1S/C7H3Br2ClN2/c8-4-1-5(9)7(12-3-4)6(10)2-11/h1,3,6H. The van der Waals surface area contributed by atoms with Gasteiger partial charge in [-0.1, -0.05) is 11.6 Å². The number of hydrogen-bond donors (Lipinski definition) is 0. The van der Waals surface area contributed by atoms with Gasteiger partial charge in [-0.05, 0) is 37.9 Å². The summed E-state index contributed by atoms with van der Waals surface area (Å²) in [4.78, 5) is 4.00. The molecule has 62 valence electrons. The predicted molar refractivity (Wildman–Crippen MR) is 53.8 cm³/mol. The van der Waals surface area contributed by atoms with Crippen LogP contribution in [0.5, 0.6) is 0 Å². The van der Waals surface area contributed by atoms with Crippen molar-refractivity contribution in [1.29, 1.82) is 5.26 Å². The molecule has 2 nitrogen and oxygen atoms in total. The molecule has 1 aromatic rings. The summed E-state index contributed by atoms with van der Waals surface area (Å²) in [5.74, 6) is 0. The van der Waals surface area contributed by atoms with Crippen molar-refractivity contribution in [3.05, 3.63) is 26.9 Å². The zero-order valence-electron chi connectivity index (χ0n) is 5.76. The van der Waals surface area contributed by atoms with Crippen molar-refractivity contribution in [2.45, 2.75) is 5.38 Å². The molecule has 0 amide bonds. The number of halogens is 3. The Hall–Kier alpha value is -0.110. The zero-order valence-corrected chi connectivity index (χ0v) is 9.69. The minimum Gasteiger partial charge on any atom is -0.256 e. The summed E-state index contributed by atoms with van der Waals surface area (Å²) in [6.45, 7) is 0. The monoisotopic (exact) mass is 308 g/mol. The van der Waals surface area contributed by atoms with E-state index in [9.17, 15) is 0 Å². The lowest BCUT2D eigenvalue weighted by Crippen LogP contribution is -1.92. The first kappa shape index (κ1) is 9.97. The Kier molecular flexibility index (Phi) is 3.51. The topological polar surface area (TPSA) is 36.7 Å². The maximum atomic E-state index is 8.53. The molecule has 0 aromatic carbocycles. The van der Waals surface area contributed by atoms with Gasteiger partial charge in [0.2, 0.25) is 0 Å². The smallest absolute Gasteiger partial charge is 0.163 e. The quantitative estimate of drug-likeness (QED) is 0.745. The number of alkyl halides is 1. The lowest BCUT2D eigenvalue weighted by atomic mass is 10.3. The van der Waals surface area contributed by atoms with Gasteiger partial charge in [0.25, 0.3) is 0 Å². The Balaban J connectivity index is 3.11. The van der Waals surface area contributed by atoms with Gasteiger partial charge in [0.15, 0.2) is 5.38 Å². The van der Waals surface area contributed by atoms with Crippen LogP contribution in [-0.2, 0) is 0 Å². The number of rotatable bonds is 1. The Morgan fingerprint density at radius 3 is 2.75 bits per heavy atom. The molecule has 0 aliphatic heterocycles. The largest absolute Gasteiger partial charge is 0.256 e. The van der Waals surface area contributed by atoms with E-state index in [1.165, 1.54) is 0 Å². The number of pyridine rings is 1. The fourth-order valence-corrected chi connectivity index (χ4v) is 2.19. The summed E-state index contributed by atoms with van der Waals surface area (Å²) in [6.07, 6.45) is 1.60. The molecule has 0 spiro atoms. The highest BCUT2D eigenvalue weighted by Crippen LogP contribution is 2.27. The van der Waals surface area contributed by atoms with Gasteiger partial charge in [-0.2, -0.15) is 5.26 Å². The Labute approximate surface area is 91.8 Å². The third-order valence-electron chi connectivity index (χ3n) is 1.19. The van der Waals surface area contributed by atoms with Crippen molar-refractivity contribution in [1.82, 2.24) is 4.98 Å². The fraction of sp³-hybridized carbons (Fsp3) is 0.143. The van der Waals surface area contributed by atoms with E-state index < -0.39 is 5.38 Å². The van der Waals surface area contributed by atoms with Crippen LogP contribution in [0.15, 0.2) is 21.2 Å². The van der Waals surface area contributed by atoms with Crippen LogP contribution >= 0.6 is 43.5 Å². The van der Waals surface area contributed by atoms with Gasteiger partial charge >= 0.3 is 0 Å². The van der Waals surface area contributed by atoms with E-state index in [1.807, 2.05) is 6.07 Å². The molecule has 0 aliphatic carbocycles. The van der Waals surface area contributed by atoms with Gasteiger partial charge in [-0.15, -0.1) is 0 Å². The average Bonchev–Trinajstić information content (AvgIpc) is 2.03. The van der Waals surface area contributed by atoms with Crippen molar-refractivity contribution in [3.63, 3.8) is 0 Å². The molecule has 0 N–H and O–H groups in total. The second-order valence-corrected chi connectivity index (χ2v) is 4.22. The Bertz CT molecular complexity index is 335. The SMILES string of the molecule is N#CC(Cl)c1ncc(Br)cc1Br. The molecule has 1 unspecified atom stereocenters. The molecule has 0 saturated carbocycles. The van der Waals surface area contributed by atoms with Crippen molar-refractivity contribution in [3.8, 4) is 6.07 Å². The fourth-order valence-electron chi connectivity index (χ4n) is 0.673. The van der Waals surface area contributed by atoms with Gasteiger partial charge in [0.05, 0.1) is 11.8 Å². The summed E-state index contributed by atoms with van der Waals surface area (Å²) in [7, 11) is 0. The van der Waals surface area contributed by atoms with E-state index in [1.54, 1.807) is 12.3 Å². The van der Waals surface area contributed by atoms with Crippen LogP contribution in [0, 0.1) is 11.3 Å². The number of nitrogens with zero attached hydrogens (tertiary/aromatic N) is 2. The summed E-state index contributed by atoms with van der Waals surface area (Å²) in [5.41, 5.74) is 0.544. The lowest BCUT2D eigenvalue weighted by molar-refractivity contribution is 1.06. The van der Waals surface area contributed by atoms with E-state index in [0.717, 1.165) is 8.95 Å². The van der Waals surface area contributed by atoms with Gasteiger partial charge in [0.1, 0.15) is 0 Å². The normalized spacial score (nSPS) is 12.2. The number of nitriles is 1. The van der Waals surface area contributed by atoms with Crippen LogP contribution in [0.25, 0.3) is 0 Å². The van der Waals surface area contributed by atoms with Crippen LogP contribution in [0.1, 0.15) is 11.1 Å². The van der Waals surface area contributed by atoms with Crippen molar-refractivity contribution in [2.24, 2.45) is 0 Å². The van der Waals surface area contributed by atoms with Crippen LogP contribution < -0.4 is 0 Å². The van der Waals surface area contributed by atoms with Crippen molar-refractivity contribution < 1.29 is 0 Å². The van der Waals surface area contributed by atoms with Gasteiger partial charge < -0.3 is 0 Å². The van der Waals surface area contributed by atoms with Crippen molar-refractivity contribution in [2.75, 3.05) is 0 Å². The molecule has 0 bridgehead atoms. The van der Waals surface area contributed by atoms with Crippen LogP contribution in [0.4, 0.5) is 0 Å². The maximum Gasteiger partial charge on any atom is 0.163 e. The van der Waals surface area contributed by atoms with E-state index in [2.05, 4.69) is 36.8 Å². The first-order valence-electron chi connectivity index (χ1n) is 2.99. The molecule has 1 aromatic heterocycles. The Morgan fingerprint density at radius 1 is 1.58 bits per heavy atom. The lowest BCUT2D eigenvalue weighted by Gasteiger charge is -2.02. The third-order valence-corrected chi connectivity index (χ3v) is 2.56. The van der Waals surface area contributed by atoms with E-state index in [-0.39, 0.29) is 0 Å². The second-order valence-electron chi connectivity index (χ2n) is 2.01. The molecule has 1 atom stereocenters. The molecule has 12 heavy (non-hydrogen) atoms. The average molecular weight is 310 g/mol. The zero-order chi connectivity index (χ0) is 9.14. The molecule has 1 rings (SSSR count). The molecular formula is C7H3Br2ClN2. The second kappa shape index (κ2) is 4.22. The maximum absolute atomic E-state index is 8.53. The van der Waals surface area contributed by atoms with Crippen LogP contribution in [0.3, 0.4) is 0 Å². The molecule has 0 saturated heterocycles. The van der Waals surface area contributed by atoms with Crippen LogP contribution in [-0.4, -0.2) is 4.98 Å². The predicted octanol–water partition coefficient (Wildman–Crippen LogP) is 3.41. The van der Waals surface area contributed by atoms with E-state index >= 15 is 0 Å².